The molecule has 0 heterocycles. The lowest BCUT2D eigenvalue weighted by molar-refractivity contribution is 0.378. The SMILES string of the molecule is Cc1ccc(CNCC(C2CC2)C2CC2)cc1Br. The van der Waals surface area contributed by atoms with Gasteiger partial charge < -0.3 is 5.32 Å². The molecular weight excluding hydrogens is 286 g/mol. The average Bonchev–Trinajstić information content (AvgIpc) is 3.22. The highest BCUT2D eigenvalue weighted by Crippen LogP contribution is 2.48. The van der Waals surface area contributed by atoms with Gasteiger partial charge in [-0.05, 0) is 74.1 Å². The molecule has 2 aliphatic carbocycles. The molecular formula is C16H22BrN. The van der Waals surface area contributed by atoms with Gasteiger partial charge in [0, 0.05) is 11.0 Å². The van der Waals surface area contributed by atoms with E-state index in [9.17, 15) is 0 Å². The maximum Gasteiger partial charge on any atom is 0.0207 e. The minimum absolute atomic E-state index is 0.971. The van der Waals surface area contributed by atoms with Gasteiger partial charge in [0.15, 0.2) is 0 Å². The van der Waals surface area contributed by atoms with Crippen LogP contribution in [0.4, 0.5) is 0 Å². The third-order valence-corrected chi connectivity index (χ3v) is 5.25. The Labute approximate surface area is 118 Å². The fourth-order valence-corrected chi connectivity index (χ4v) is 3.32. The Kier molecular flexibility index (Phi) is 3.76. The van der Waals surface area contributed by atoms with Crippen LogP contribution in [0, 0.1) is 24.7 Å². The van der Waals surface area contributed by atoms with E-state index in [1.165, 1.54) is 47.8 Å². The van der Waals surface area contributed by atoms with Crippen molar-refractivity contribution in [2.45, 2.75) is 39.2 Å². The van der Waals surface area contributed by atoms with E-state index in [4.69, 9.17) is 0 Å². The Morgan fingerprint density at radius 2 is 1.89 bits per heavy atom. The number of hydrogen-bond donors (Lipinski definition) is 1. The van der Waals surface area contributed by atoms with Crippen LogP contribution in [0.3, 0.4) is 0 Å². The lowest BCUT2D eigenvalue weighted by Gasteiger charge is -2.16. The monoisotopic (exact) mass is 307 g/mol. The first kappa shape index (κ1) is 12.7. The van der Waals surface area contributed by atoms with Crippen LogP contribution in [-0.2, 0) is 6.54 Å². The van der Waals surface area contributed by atoms with Crippen molar-refractivity contribution in [1.82, 2.24) is 5.32 Å². The van der Waals surface area contributed by atoms with Gasteiger partial charge in [0.05, 0.1) is 0 Å². The van der Waals surface area contributed by atoms with Crippen LogP contribution in [-0.4, -0.2) is 6.54 Å². The Balaban J connectivity index is 1.49. The molecule has 0 amide bonds. The van der Waals surface area contributed by atoms with Gasteiger partial charge in [0.2, 0.25) is 0 Å². The van der Waals surface area contributed by atoms with Gasteiger partial charge in [-0.1, -0.05) is 28.1 Å². The predicted molar refractivity (Wildman–Crippen MR) is 79.5 cm³/mol. The van der Waals surface area contributed by atoms with Gasteiger partial charge in [0.25, 0.3) is 0 Å². The summed E-state index contributed by atoms with van der Waals surface area (Å²) in [4.78, 5) is 0. The summed E-state index contributed by atoms with van der Waals surface area (Å²) in [5, 5.41) is 3.67. The quantitative estimate of drug-likeness (QED) is 0.827. The summed E-state index contributed by atoms with van der Waals surface area (Å²) in [5.41, 5.74) is 2.70. The third-order valence-electron chi connectivity index (χ3n) is 4.40. The normalized spacial score (nSPS) is 19.5. The first-order chi connectivity index (χ1) is 8.74. The van der Waals surface area contributed by atoms with Gasteiger partial charge in [-0.2, -0.15) is 0 Å². The maximum atomic E-state index is 3.67. The molecule has 2 aliphatic rings. The van der Waals surface area contributed by atoms with E-state index in [1.807, 2.05) is 0 Å². The molecule has 1 nitrogen and oxygen atoms in total. The van der Waals surface area contributed by atoms with E-state index >= 15 is 0 Å². The molecule has 3 rings (SSSR count). The second kappa shape index (κ2) is 5.34. The number of hydrogen-bond acceptors (Lipinski definition) is 1. The van der Waals surface area contributed by atoms with Crippen LogP contribution in [0.1, 0.15) is 36.8 Å². The predicted octanol–water partition coefficient (Wildman–Crippen LogP) is 4.28. The van der Waals surface area contributed by atoms with Crippen molar-refractivity contribution in [3.05, 3.63) is 33.8 Å². The molecule has 0 unspecified atom stereocenters. The Morgan fingerprint density at radius 1 is 1.22 bits per heavy atom. The second-order valence-electron chi connectivity index (χ2n) is 6.05. The zero-order chi connectivity index (χ0) is 12.5. The molecule has 0 atom stereocenters. The van der Waals surface area contributed by atoms with Crippen LogP contribution in [0.2, 0.25) is 0 Å². The molecule has 1 N–H and O–H groups in total. The zero-order valence-corrected chi connectivity index (χ0v) is 12.7. The minimum atomic E-state index is 0.971. The number of aryl methyl sites for hydroxylation is 1. The Morgan fingerprint density at radius 3 is 2.44 bits per heavy atom. The highest BCUT2D eigenvalue weighted by atomic mass is 79.9. The molecule has 2 fully saturated rings. The number of nitrogens with one attached hydrogen (secondary N) is 1. The van der Waals surface area contributed by atoms with Crippen molar-refractivity contribution in [3.8, 4) is 0 Å². The van der Waals surface area contributed by atoms with Crippen LogP contribution in [0.5, 0.6) is 0 Å². The maximum absolute atomic E-state index is 3.67. The van der Waals surface area contributed by atoms with E-state index in [-0.39, 0.29) is 0 Å². The van der Waals surface area contributed by atoms with Gasteiger partial charge in [-0.25, -0.2) is 0 Å². The molecule has 18 heavy (non-hydrogen) atoms. The first-order valence-corrected chi connectivity index (χ1v) is 7.99. The van der Waals surface area contributed by atoms with E-state index in [0.29, 0.717) is 0 Å². The molecule has 2 heteroatoms. The lowest BCUT2D eigenvalue weighted by atomic mass is 9.98. The zero-order valence-electron chi connectivity index (χ0n) is 11.1. The van der Waals surface area contributed by atoms with Crippen molar-refractivity contribution < 1.29 is 0 Å². The average molecular weight is 308 g/mol. The van der Waals surface area contributed by atoms with Gasteiger partial charge in [0.1, 0.15) is 0 Å². The standard InChI is InChI=1S/C16H22BrN/c1-11-2-3-12(8-16(11)17)9-18-10-15(13-4-5-13)14-6-7-14/h2-3,8,13-15,18H,4-7,9-10H2,1H3. The Hall–Kier alpha value is -0.340. The summed E-state index contributed by atoms with van der Waals surface area (Å²) < 4.78 is 1.22. The first-order valence-electron chi connectivity index (χ1n) is 7.20. The van der Waals surface area contributed by atoms with Crippen molar-refractivity contribution in [2.24, 2.45) is 17.8 Å². The third kappa shape index (κ3) is 3.16. The summed E-state index contributed by atoms with van der Waals surface area (Å²) in [6.45, 7) is 4.37. The van der Waals surface area contributed by atoms with Crippen LogP contribution in [0.25, 0.3) is 0 Å². The van der Waals surface area contributed by atoms with E-state index in [1.54, 1.807) is 0 Å². The Bertz CT molecular complexity index is 409. The molecule has 0 spiro atoms. The smallest absolute Gasteiger partial charge is 0.0207 e. The molecule has 0 aromatic heterocycles. The summed E-state index contributed by atoms with van der Waals surface area (Å²) >= 11 is 3.61. The number of benzene rings is 1. The van der Waals surface area contributed by atoms with Gasteiger partial charge in [-0.15, -0.1) is 0 Å². The summed E-state index contributed by atoms with van der Waals surface area (Å²) in [6, 6.07) is 6.67. The summed E-state index contributed by atoms with van der Waals surface area (Å²) in [5.74, 6) is 3.07. The van der Waals surface area contributed by atoms with Crippen molar-refractivity contribution in [3.63, 3.8) is 0 Å². The molecule has 0 bridgehead atoms. The fourth-order valence-electron chi connectivity index (χ4n) is 2.90. The highest BCUT2D eigenvalue weighted by Gasteiger charge is 2.40. The number of halogens is 1. The summed E-state index contributed by atoms with van der Waals surface area (Å²) in [7, 11) is 0. The summed E-state index contributed by atoms with van der Waals surface area (Å²) in [6.07, 6.45) is 5.94. The van der Waals surface area contributed by atoms with Gasteiger partial charge >= 0.3 is 0 Å². The molecule has 0 saturated heterocycles. The van der Waals surface area contributed by atoms with Crippen molar-refractivity contribution in [1.29, 1.82) is 0 Å². The molecule has 1 aromatic carbocycles. The van der Waals surface area contributed by atoms with Crippen LogP contribution >= 0.6 is 15.9 Å². The van der Waals surface area contributed by atoms with Crippen molar-refractivity contribution in [2.75, 3.05) is 6.54 Å². The molecule has 0 aliphatic heterocycles. The number of rotatable bonds is 6. The minimum Gasteiger partial charge on any atom is -0.312 e. The van der Waals surface area contributed by atoms with E-state index in [0.717, 1.165) is 24.3 Å². The van der Waals surface area contributed by atoms with Crippen LogP contribution < -0.4 is 5.32 Å². The largest absolute Gasteiger partial charge is 0.312 e. The fraction of sp³-hybridized carbons (Fsp3) is 0.625. The van der Waals surface area contributed by atoms with Crippen LogP contribution in [0.15, 0.2) is 22.7 Å². The molecule has 1 aromatic rings. The van der Waals surface area contributed by atoms with Gasteiger partial charge in [-0.3, -0.25) is 0 Å². The topological polar surface area (TPSA) is 12.0 Å². The van der Waals surface area contributed by atoms with E-state index in [2.05, 4.69) is 46.4 Å². The molecule has 0 radical (unpaired) electrons. The second-order valence-corrected chi connectivity index (χ2v) is 6.91. The van der Waals surface area contributed by atoms with E-state index < -0.39 is 0 Å². The van der Waals surface area contributed by atoms with Crippen molar-refractivity contribution >= 4 is 15.9 Å². The molecule has 98 valence electrons. The molecule has 2 saturated carbocycles. The highest BCUT2D eigenvalue weighted by molar-refractivity contribution is 9.10. The lowest BCUT2D eigenvalue weighted by Crippen LogP contribution is -2.25.